The molecule has 1 aromatic rings. The van der Waals surface area contributed by atoms with E-state index in [2.05, 4.69) is 4.98 Å². The number of aliphatic carboxylic acids is 1. The van der Waals surface area contributed by atoms with Crippen molar-refractivity contribution < 1.29 is 19.4 Å². The van der Waals surface area contributed by atoms with Crippen molar-refractivity contribution in [2.75, 3.05) is 0 Å². The van der Waals surface area contributed by atoms with Crippen LogP contribution in [0, 0.1) is 11.7 Å². The van der Waals surface area contributed by atoms with Gasteiger partial charge >= 0.3 is 5.97 Å². The maximum atomic E-state index is 12.8. The van der Waals surface area contributed by atoms with Crippen molar-refractivity contribution in [3.8, 4) is 0 Å². The van der Waals surface area contributed by atoms with E-state index in [1.807, 2.05) is 0 Å². The van der Waals surface area contributed by atoms with Crippen LogP contribution in [-0.2, 0) is 10.4 Å². The number of carbonyl (C=O) groups is 1. The molecule has 2 unspecified atom stereocenters. The van der Waals surface area contributed by atoms with E-state index in [0.717, 1.165) is 12.3 Å². The van der Waals surface area contributed by atoms with Crippen LogP contribution in [0.2, 0.25) is 0 Å². The van der Waals surface area contributed by atoms with Crippen molar-refractivity contribution in [1.82, 2.24) is 4.98 Å². The summed E-state index contributed by atoms with van der Waals surface area (Å²) in [6.07, 6.45) is 2.24. The zero-order valence-corrected chi connectivity index (χ0v) is 8.44. The van der Waals surface area contributed by atoms with E-state index in [0.29, 0.717) is 0 Å². The van der Waals surface area contributed by atoms with Crippen molar-refractivity contribution in [3.05, 3.63) is 29.8 Å². The number of halogens is 1. The fourth-order valence-corrected chi connectivity index (χ4v) is 1.18. The van der Waals surface area contributed by atoms with Gasteiger partial charge in [0.05, 0.1) is 12.1 Å². The molecule has 0 radical (unpaired) electrons. The van der Waals surface area contributed by atoms with Crippen LogP contribution >= 0.6 is 0 Å². The van der Waals surface area contributed by atoms with Crippen molar-refractivity contribution in [1.29, 1.82) is 0 Å². The number of aliphatic hydroxyl groups is 1. The van der Waals surface area contributed by atoms with Gasteiger partial charge in [0.25, 0.3) is 0 Å². The van der Waals surface area contributed by atoms with Gasteiger partial charge in [0, 0.05) is 11.8 Å². The van der Waals surface area contributed by atoms with E-state index in [1.54, 1.807) is 0 Å². The lowest BCUT2D eigenvalue weighted by Gasteiger charge is -2.27. The summed E-state index contributed by atoms with van der Waals surface area (Å²) in [5, 5.41) is 18.7. The van der Waals surface area contributed by atoms with E-state index in [-0.39, 0.29) is 5.56 Å². The Balaban J connectivity index is 3.10. The molecule has 2 N–H and O–H groups in total. The van der Waals surface area contributed by atoms with Gasteiger partial charge in [-0.2, -0.15) is 0 Å². The summed E-state index contributed by atoms with van der Waals surface area (Å²) in [5.74, 6) is -2.80. The molecule has 15 heavy (non-hydrogen) atoms. The number of pyridine rings is 1. The van der Waals surface area contributed by atoms with Crippen LogP contribution in [0.4, 0.5) is 4.39 Å². The van der Waals surface area contributed by atoms with Gasteiger partial charge in [0.15, 0.2) is 0 Å². The fourth-order valence-electron chi connectivity index (χ4n) is 1.18. The largest absolute Gasteiger partial charge is 0.481 e. The summed E-state index contributed by atoms with van der Waals surface area (Å²) < 4.78 is 12.8. The number of carboxylic acids is 1. The molecule has 1 heterocycles. The van der Waals surface area contributed by atoms with Crippen LogP contribution in [0.1, 0.15) is 19.4 Å². The molecule has 82 valence electrons. The molecule has 0 saturated carbocycles. The number of rotatable bonds is 3. The number of nitrogens with zero attached hydrogens (tertiary/aromatic N) is 1. The van der Waals surface area contributed by atoms with Gasteiger partial charge in [0.1, 0.15) is 11.4 Å². The number of aromatic nitrogens is 1. The molecule has 1 aromatic heterocycles. The van der Waals surface area contributed by atoms with E-state index >= 15 is 0 Å². The summed E-state index contributed by atoms with van der Waals surface area (Å²) in [6, 6.07) is 1.08. The smallest absolute Gasteiger partial charge is 0.309 e. The molecule has 2 atom stereocenters. The maximum absolute atomic E-state index is 12.8. The minimum absolute atomic E-state index is 0.150. The van der Waals surface area contributed by atoms with Gasteiger partial charge in [-0.3, -0.25) is 9.78 Å². The number of carboxylic acid groups (broad SMARTS) is 1. The number of hydrogen-bond acceptors (Lipinski definition) is 3. The van der Waals surface area contributed by atoms with Gasteiger partial charge in [0.2, 0.25) is 0 Å². The standard InChI is InChI=1S/C10H12FNO3/c1-6(9(13)14)10(2,15)7-3-8(11)5-12-4-7/h3-6,15H,1-2H3,(H,13,14). The average molecular weight is 213 g/mol. The molecule has 5 heteroatoms. The molecule has 0 aliphatic carbocycles. The Morgan fingerprint density at radius 2 is 2.20 bits per heavy atom. The lowest BCUT2D eigenvalue weighted by atomic mass is 9.85. The third kappa shape index (κ3) is 2.30. The topological polar surface area (TPSA) is 70.4 Å². The molecule has 0 aliphatic heterocycles. The predicted molar refractivity (Wildman–Crippen MR) is 50.6 cm³/mol. The van der Waals surface area contributed by atoms with Crippen LogP contribution in [-0.4, -0.2) is 21.2 Å². The summed E-state index contributed by atoms with van der Waals surface area (Å²) >= 11 is 0. The molecular weight excluding hydrogens is 201 g/mol. The van der Waals surface area contributed by atoms with Gasteiger partial charge < -0.3 is 10.2 Å². The highest BCUT2D eigenvalue weighted by molar-refractivity contribution is 5.71. The normalized spacial score (nSPS) is 16.8. The first kappa shape index (κ1) is 11.6. The maximum Gasteiger partial charge on any atom is 0.309 e. The first-order valence-corrected chi connectivity index (χ1v) is 4.42. The summed E-state index contributed by atoms with van der Waals surface area (Å²) in [5.41, 5.74) is -1.49. The average Bonchev–Trinajstić information content (AvgIpc) is 2.16. The summed E-state index contributed by atoms with van der Waals surface area (Å²) in [4.78, 5) is 14.3. The second-order valence-corrected chi connectivity index (χ2v) is 3.60. The Morgan fingerprint density at radius 1 is 1.60 bits per heavy atom. The van der Waals surface area contributed by atoms with Crippen LogP contribution in [0.15, 0.2) is 18.5 Å². The first-order valence-electron chi connectivity index (χ1n) is 4.42. The summed E-state index contributed by atoms with van der Waals surface area (Å²) in [7, 11) is 0. The molecule has 0 aromatic carbocycles. The van der Waals surface area contributed by atoms with Gasteiger partial charge in [-0.15, -0.1) is 0 Å². The second kappa shape index (κ2) is 3.94. The van der Waals surface area contributed by atoms with E-state index < -0.39 is 23.3 Å². The molecule has 0 fully saturated rings. The summed E-state index contributed by atoms with van der Waals surface area (Å²) in [6.45, 7) is 2.68. The number of hydrogen-bond donors (Lipinski definition) is 2. The van der Waals surface area contributed by atoms with E-state index in [1.165, 1.54) is 20.0 Å². The van der Waals surface area contributed by atoms with Crippen LogP contribution in [0.25, 0.3) is 0 Å². The quantitative estimate of drug-likeness (QED) is 0.790. The zero-order chi connectivity index (χ0) is 11.6. The minimum atomic E-state index is -1.64. The lowest BCUT2D eigenvalue weighted by molar-refractivity contribution is -0.150. The fraction of sp³-hybridized carbons (Fsp3) is 0.400. The highest BCUT2D eigenvalue weighted by Crippen LogP contribution is 2.29. The Morgan fingerprint density at radius 3 is 2.67 bits per heavy atom. The van der Waals surface area contributed by atoms with Crippen LogP contribution in [0.3, 0.4) is 0 Å². The predicted octanol–water partition coefficient (Wildman–Crippen LogP) is 1.15. The van der Waals surface area contributed by atoms with Crippen LogP contribution < -0.4 is 0 Å². The second-order valence-electron chi connectivity index (χ2n) is 3.60. The monoisotopic (exact) mass is 213 g/mol. The first-order chi connectivity index (χ1) is 6.85. The molecule has 0 amide bonds. The highest BCUT2D eigenvalue weighted by atomic mass is 19.1. The SMILES string of the molecule is CC(C(=O)O)C(C)(O)c1cncc(F)c1. The Hall–Kier alpha value is -1.49. The van der Waals surface area contributed by atoms with Gasteiger partial charge in [-0.05, 0) is 19.9 Å². The molecule has 0 spiro atoms. The Kier molecular flexibility index (Phi) is 3.04. The third-order valence-corrected chi connectivity index (χ3v) is 2.50. The van der Waals surface area contributed by atoms with Crippen molar-refractivity contribution in [2.24, 2.45) is 5.92 Å². The molecule has 1 rings (SSSR count). The lowest BCUT2D eigenvalue weighted by Crippen LogP contribution is -2.35. The van der Waals surface area contributed by atoms with E-state index in [4.69, 9.17) is 5.11 Å². The van der Waals surface area contributed by atoms with Crippen LogP contribution in [0.5, 0.6) is 0 Å². The Bertz CT molecular complexity index is 379. The van der Waals surface area contributed by atoms with Gasteiger partial charge in [-0.1, -0.05) is 0 Å². The molecule has 4 nitrogen and oxygen atoms in total. The third-order valence-electron chi connectivity index (χ3n) is 2.50. The molecule has 0 aliphatic rings. The van der Waals surface area contributed by atoms with Gasteiger partial charge in [-0.25, -0.2) is 4.39 Å². The molecular formula is C10H12FNO3. The van der Waals surface area contributed by atoms with E-state index in [9.17, 15) is 14.3 Å². The zero-order valence-electron chi connectivity index (χ0n) is 8.44. The molecule has 0 saturated heterocycles. The molecule has 0 bridgehead atoms. The van der Waals surface area contributed by atoms with Crippen molar-refractivity contribution in [2.45, 2.75) is 19.4 Å². The van der Waals surface area contributed by atoms with Crippen molar-refractivity contribution >= 4 is 5.97 Å². The van der Waals surface area contributed by atoms with Crippen molar-refractivity contribution in [3.63, 3.8) is 0 Å². The minimum Gasteiger partial charge on any atom is -0.481 e. The highest BCUT2D eigenvalue weighted by Gasteiger charge is 2.35. The Labute approximate surface area is 86.4 Å².